The number of ketones is 4. The van der Waals surface area contributed by atoms with Crippen LogP contribution in [0.2, 0.25) is 0 Å². The zero-order valence-corrected chi connectivity index (χ0v) is 37.3. The molecule has 334 valence electrons. The maximum atomic E-state index is 14.6. The van der Waals surface area contributed by atoms with Crippen LogP contribution in [-0.4, -0.2) is 69.7 Å². The highest BCUT2D eigenvalue weighted by atomic mass is 16.3. The Morgan fingerprint density at radius 3 is 2.08 bits per heavy atom. The summed E-state index contributed by atoms with van der Waals surface area (Å²) in [5.41, 5.74) is 11.2. The lowest BCUT2D eigenvalue weighted by atomic mass is 9.87. The maximum absolute atomic E-state index is 14.6. The Labute approximate surface area is 371 Å². The molecule has 0 saturated carbocycles. The van der Waals surface area contributed by atoms with Gasteiger partial charge in [0.2, 0.25) is 11.8 Å². The highest BCUT2D eigenvalue weighted by Crippen LogP contribution is 2.40. The Bertz CT molecular complexity index is 2270. The number of benzene rings is 4. The molecular formula is C52H63N3O8. The van der Waals surface area contributed by atoms with Crippen molar-refractivity contribution >= 4 is 34.9 Å². The van der Waals surface area contributed by atoms with E-state index >= 15 is 0 Å². The number of likely N-dealkylation sites (N-methyl/N-ethyl adjacent to an activating group) is 1. The third-order valence-corrected chi connectivity index (χ3v) is 12.2. The topological polar surface area (TPSA) is 184 Å². The van der Waals surface area contributed by atoms with Gasteiger partial charge in [0.25, 0.3) is 0 Å². The van der Waals surface area contributed by atoms with E-state index in [1.54, 1.807) is 25.1 Å². The molecule has 5 rings (SSSR count). The first-order valence-corrected chi connectivity index (χ1v) is 22.3. The number of amides is 2. The van der Waals surface area contributed by atoms with Crippen LogP contribution in [0, 0.1) is 17.8 Å². The number of hydrogen-bond donors (Lipinski definition) is 4. The van der Waals surface area contributed by atoms with Gasteiger partial charge in [-0.05, 0) is 104 Å². The quantitative estimate of drug-likeness (QED) is 0.0563. The number of nitrogens with one attached hydrogen (secondary N) is 1. The van der Waals surface area contributed by atoms with Gasteiger partial charge in [-0.3, -0.25) is 28.8 Å². The molecule has 0 fully saturated rings. The monoisotopic (exact) mass is 857 g/mol. The third kappa shape index (κ3) is 12.8. The molecule has 0 aromatic heterocycles. The average Bonchev–Trinajstić information content (AvgIpc) is 3.25. The van der Waals surface area contributed by atoms with E-state index in [4.69, 9.17) is 5.73 Å². The van der Waals surface area contributed by atoms with Crippen molar-refractivity contribution in [2.75, 3.05) is 13.6 Å². The van der Waals surface area contributed by atoms with Gasteiger partial charge in [0.1, 0.15) is 23.3 Å². The second kappa shape index (κ2) is 22.4. The van der Waals surface area contributed by atoms with Crippen molar-refractivity contribution in [2.45, 2.75) is 110 Å². The number of phenolic OH excluding ortho intramolecular Hbond substituents is 2. The molecular weight excluding hydrogens is 795 g/mol. The molecule has 4 bridgehead atoms. The van der Waals surface area contributed by atoms with E-state index in [2.05, 4.69) is 36.5 Å². The summed E-state index contributed by atoms with van der Waals surface area (Å²) in [5.74, 6) is -4.27. The largest absolute Gasteiger partial charge is 0.507 e. The van der Waals surface area contributed by atoms with Crippen molar-refractivity contribution < 1.29 is 39.0 Å². The molecule has 2 amide bonds. The smallest absolute Gasteiger partial charge is 0.226 e. The number of rotatable bonds is 18. The van der Waals surface area contributed by atoms with Gasteiger partial charge in [-0.2, -0.15) is 0 Å². The molecule has 1 unspecified atom stereocenters. The standard InChI is InChI=1S/C52H63N3O8/c1-6-7-10-35-12-15-37(16-13-35)38-17-19-39(20-18-38)48(60)26-32(2)25-42(57)30-41(11-8-9-24-53)52(63)55(5)50-40-21-23-47(59)44(31-40)43-28-36(14-22-46(43)58)29-45(34(4)56)54-51(62)33(3)27-49(50)61/h12-23,28,31-33,41,45,50,58-59H,6-11,24-27,29-30,53H2,1-5H3,(H,54,62)/t32?,33-,41-,45+,50+/m1/s1. The van der Waals surface area contributed by atoms with E-state index in [-0.39, 0.29) is 78.0 Å². The summed E-state index contributed by atoms with van der Waals surface area (Å²) in [6, 6.07) is 23.0. The van der Waals surface area contributed by atoms with Crippen LogP contribution in [0.15, 0.2) is 84.9 Å². The zero-order chi connectivity index (χ0) is 45.8. The van der Waals surface area contributed by atoms with Crippen molar-refractivity contribution in [1.82, 2.24) is 10.2 Å². The number of unbranched alkanes of at least 4 members (excludes halogenated alkanes) is 2. The number of phenols is 2. The van der Waals surface area contributed by atoms with Crippen LogP contribution in [0.1, 0.15) is 119 Å². The van der Waals surface area contributed by atoms with Gasteiger partial charge in [-0.1, -0.05) is 94.3 Å². The number of Topliss-reactive ketones (excluding diaryl/α,β-unsaturated/α-hetero) is 4. The number of fused-ring (bicyclic) bond motifs is 5. The number of nitrogens with zero attached hydrogens (tertiary/aromatic N) is 1. The number of carbonyl (C=O) groups excluding carboxylic acids is 6. The minimum absolute atomic E-state index is 0.0764. The van der Waals surface area contributed by atoms with Crippen molar-refractivity contribution in [3.63, 3.8) is 0 Å². The first kappa shape index (κ1) is 48.1. The van der Waals surface area contributed by atoms with Gasteiger partial charge in [-0.25, -0.2) is 0 Å². The van der Waals surface area contributed by atoms with E-state index in [0.29, 0.717) is 42.5 Å². The SMILES string of the molecule is CCCCc1ccc(-c2ccc(C(=O)CC(C)CC(=O)C[C@@H](CCCCN)C(=O)N(C)[C@@H]3C(=O)C[C@@H](C)C(=O)N[C@H](C(C)=O)Cc4ccc(O)c(c4)-c4cc3ccc4O)cc2)cc1. The van der Waals surface area contributed by atoms with Gasteiger partial charge >= 0.3 is 0 Å². The average molecular weight is 858 g/mol. The molecule has 4 aromatic rings. The van der Waals surface area contributed by atoms with Gasteiger partial charge in [0, 0.05) is 61.3 Å². The number of carbonyl (C=O) groups is 6. The summed E-state index contributed by atoms with van der Waals surface area (Å²) in [5, 5.41) is 24.8. The second-order valence-electron chi connectivity index (χ2n) is 17.5. The van der Waals surface area contributed by atoms with Crippen molar-refractivity contribution in [3.8, 4) is 33.8 Å². The van der Waals surface area contributed by atoms with Crippen LogP contribution in [0.25, 0.3) is 22.3 Å². The Morgan fingerprint density at radius 1 is 0.810 bits per heavy atom. The molecule has 1 heterocycles. The van der Waals surface area contributed by atoms with E-state index < -0.39 is 41.5 Å². The first-order chi connectivity index (χ1) is 30.1. The van der Waals surface area contributed by atoms with Crippen LogP contribution < -0.4 is 11.1 Å². The van der Waals surface area contributed by atoms with E-state index in [9.17, 15) is 39.0 Å². The molecule has 0 radical (unpaired) electrons. The molecule has 0 spiro atoms. The van der Waals surface area contributed by atoms with Crippen molar-refractivity contribution in [1.29, 1.82) is 0 Å². The highest BCUT2D eigenvalue weighted by molar-refractivity contribution is 5.98. The van der Waals surface area contributed by atoms with Crippen LogP contribution >= 0.6 is 0 Å². The molecule has 0 aliphatic carbocycles. The molecule has 11 nitrogen and oxygen atoms in total. The fourth-order valence-electron chi connectivity index (χ4n) is 8.45. The number of aromatic hydroxyl groups is 2. The first-order valence-electron chi connectivity index (χ1n) is 22.3. The summed E-state index contributed by atoms with van der Waals surface area (Å²) in [6.45, 7) is 7.36. The van der Waals surface area contributed by atoms with E-state index in [0.717, 1.165) is 30.4 Å². The summed E-state index contributed by atoms with van der Waals surface area (Å²) in [4.78, 5) is 83.4. The number of aryl methyl sites for hydroxylation is 1. The minimum Gasteiger partial charge on any atom is -0.507 e. The van der Waals surface area contributed by atoms with Gasteiger partial charge in [0.05, 0.1) is 6.04 Å². The fraction of sp³-hybridized carbons (Fsp3) is 0.423. The maximum Gasteiger partial charge on any atom is 0.226 e. The second-order valence-corrected chi connectivity index (χ2v) is 17.5. The lowest BCUT2D eigenvalue weighted by molar-refractivity contribution is -0.144. The van der Waals surface area contributed by atoms with Gasteiger partial charge in [0.15, 0.2) is 17.3 Å². The van der Waals surface area contributed by atoms with Crippen LogP contribution in [-0.2, 0) is 36.8 Å². The summed E-state index contributed by atoms with van der Waals surface area (Å²) >= 11 is 0. The molecule has 5 N–H and O–H groups in total. The van der Waals surface area contributed by atoms with Crippen molar-refractivity contribution in [3.05, 3.63) is 107 Å². The predicted molar refractivity (Wildman–Crippen MR) is 245 cm³/mol. The summed E-state index contributed by atoms with van der Waals surface area (Å²) in [7, 11) is 1.49. The third-order valence-electron chi connectivity index (χ3n) is 12.2. The molecule has 5 atom stereocenters. The Kier molecular flexibility index (Phi) is 17.1. The minimum atomic E-state index is -1.23. The normalized spacial score (nSPS) is 17.5. The lowest BCUT2D eigenvalue weighted by Crippen LogP contribution is -2.45. The van der Waals surface area contributed by atoms with Crippen LogP contribution in [0.4, 0.5) is 0 Å². The highest BCUT2D eigenvalue weighted by Gasteiger charge is 2.36. The van der Waals surface area contributed by atoms with E-state index in [1.807, 2.05) is 31.2 Å². The molecule has 1 aliphatic heterocycles. The lowest BCUT2D eigenvalue weighted by Gasteiger charge is -2.32. The summed E-state index contributed by atoms with van der Waals surface area (Å²) < 4.78 is 0. The Balaban J connectivity index is 1.34. The van der Waals surface area contributed by atoms with Crippen LogP contribution in [0.5, 0.6) is 11.5 Å². The number of nitrogens with two attached hydrogens (primary N) is 1. The zero-order valence-electron chi connectivity index (χ0n) is 37.3. The van der Waals surface area contributed by atoms with E-state index in [1.165, 1.54) is 42.6 Å². The molecule has 63 heavy (non-hydrogen) atoms. The van der Waals surface area contributed by atoms with Crippen molar-refractivity contribution in [2.24, 2.45) is 23.5 Å². The van der Waals surface area contributed by atoms with Gasteiger partial charge < -0.3 is 26.2 Å². The Hall–Kier alpha value is -5.94. The molecule has 0 saturated heterocycles. The van der Waals surface area contributed by atoms with Gasteiger partial charge in [-0.15, -0.1) is 0 Å². The Morgan fingerprint density at radius 2 is 1.44 bits per heavy atom. The summed E-state index contributed by atoms with van der Waals surface area (Å²) in [6.07, 6.45) is 4.84. The molecule has 11 heteroatoms. The fourth-order valence-corrected chi connectivity index (χ4v) is 8.45. The molecule has 4 aromatic carbocycles. The predicted octanol–water partition coefficient (Wildman–Crippen LogP) is 8.50. The van der Waals surface area contributed by atoms with Crippen LogP contribution in [0.3, 0.4) is 0 Å². The number of hydrogen-bond acceptors (Lipinski definition) is 9. The molecule has 1 aliphatic rings.